The molecular formula is C7H10FNO3. The van der Waals surface area contributed by atoms with E-state index in [4.69, 9.17) is 9.84 Å². The van der Waals surface area contributed by atoms with Gasteiger partial charge in [0.05, 0.1) is 19.6 Å². The monoisotopic (exact) mass is 175 g/mol. The van der Waals surface area contributed by atoms with Crippen molar-refractivity contribution in [1.29, 1.82) is 0 Å². The molecule has 0 aromatic heterocycles. The molecule has 1 rings (SSSR count). The maximum atomic E-state index is 12.1. The van der Waals surface area contributed by atoms with Crippen LogP contribution in [0.15, 0.2) is 4.99 Å². The second kappa shape index (κ2) is 4.15. The zero-order valence-electron chi connectivity index (χ0n) is 6.49. The van der Waals surface area contributed by atoms with Crippen LogP contribution in [0.25, 0.3) is 0 Å². The van der Waals surface area contributed by atoms with E-state index >= 15 is 0 Å². The quantitative estimate of drug-likeness (QED) is 0.669. The highest BCUT2D eigenvalue weighted by molar-refractivity contribution is 5.99. The third-order valence-corrected chi connectivity index (χ3v) is 1.48. The van der Waals surface area contributed by atoms with Crippen LogP contribution in [0.4, 0.5) is 4.39 Å². The van der Waals surface area contributed by atoms with Gasteiger partial charge < -0.3 is 9.84 Å². The minimum atomic E-state index is -0.961. The third kappa shape index (κ3) is 2.58. The molecule has 0 saturated carbocycles. The summed E-state index contributed by atoms with van der Waals surface area (Å²) in [5.74, 6) is -0.961. The fraction of sp³-hybridized carbons (Fsp3) is 0.714. The van der Waals surface area contributed by atoms with Crippen LogP contribution in [0.5, 0.6) is 0 Å². The van der Waals surface area contributed by atoms with Gasteiger partial charge in [-0.2, -0.15) is 0 Å². The Morgan fingerprint density at radius 2 is 2.58 bits per heavy atom. The molecule has 0 aliphatic carbocycles. The molecule has 0 fully saturated rings. The molecule has 1 aliphatic rings. The van der Waals surface area contributed by atoms with Gasteiger partial charge in [-0.1, -0.05) is 0 Å². The first kappa shape index (κ1) is 9.12. The van der Waals surface area contributed by atoms with Crippen molar-refractivity contribution >= 4 is 11.7 Å². The Balaban J connectivity index is 2.51. The average molecular weight is 175 g/mol. The van der Waals surface area contributed by atoms with Crippen LogP contribution in [0.2, 0.25) is 0 Å². The Labute approximate surface area is 69.1 Å². The summed E-state index contributed by atoms with van der Waals surface area (Å²) in [6, 6.07) is -0.506. The van der Waals surface area contributed by atoms with E-state index in [9.17, 15) is 9.18 Å². The van der Waals surface area contributed by atoms with Crippen molar-refractivity contribution < 1.29 is 19.0 Å². The van der Waals surface area contributed by atoms with Crippen LogP contribution in [-0.2, 0) is 9.53 Å². The number of hydrogen-bond donors (Lipinski definition) is 1. The molecular weight excluding hydrogens is 165 g/mol. The molecule has 1 aliphatic heterocycles. The highest BCUT2D eigenvalue weighted by atomic mass is 19.1. The predicted molar refractivity (Wildman–Crippen MR) is 40.3 cm³/mol. The van der Waals surface area contributed by atoms with Gasteiger partial charge >= 0.3 is 5.97 Å². The van der Waals surface area contributed by atoms with Gasteiger partial charge in [-0.05, 0) is 0 Å². The van der Waals surface area contributed by atoms with E-state index in [1.54, 1.807) is 0 Å². The van der Waals surface area contributed by atoms with Crippen LogP contribution in [0.1, 0.15) is 6.42 Å². The third-order valence-electron chi connectivity index (χ3n) is 1.48. The van der Waals surface area contributed by atoms with Crippen molar-refractivity contribution in [2.45, 2.75) is 12.5 Å². The maximum absolute atomic E-state index is 12.1. The molecule has 0 spiro atoms. The summed E-state index contributed by atoms with van der Waals surface area (Å²) in [5.41, 5.74) is 0.413. The van der Waals surface area contributed by atoms with Gasteiger partial charge in [0.15, 0.2) is 0 Å². The molecule has 1 heterocycles. The summed E-state index contributed by atoms with van der Waals surface area (Å²) in [6.45, 7) is -0.133. The van der Waals surface area contributed by atoms with Crippen LogP contribution in [-0.4, -0.2) is 42.7 Å². The molecule has 12 heavy (non-hydrogen) atoms. The van der Waals surface area contributed by atoms with Gasteiger partial charge in [0.25, 0.3) is 0 Å². The Bertz CT molecular complexity index is 205. The molecule has 1 atom stereocenters. The highest BCUT2D eigenvalue weighted by Crippen LogP contribution is 2.04. The lowest BCUT2D eigenvalue weighted by Crippen LogP contribution is -2.28. The standard InChI is InChI=1S/C7H10FNO3/c8-2-6-4-12-3-5(9-6)1-7(10)11/h6H,1-4H2,(H,10,11). The molecule has 0 bridgehead atoms. The van der Waals surface area contributed by atoms with Crippen LogP contribution >= 0.6 is 0 Å². The normalized spacial score (nSPS) is 23.4. The Hall–Kier alpha value is -0.970. The van der Waals surface area contributed by atoms with E-state index in [0.29, 0.717) is 5.71 Å². The topological polar surface area (TPSA) is 58.9 Å². The fourth-order valence-electron chi connectivity index (χ4n) is 0.996. The summed E-state index contributed by atoms with van der Waals surface area (Å²) < 4.78 is 17.0. The van der Waals surface area contributed by atoms with Gasteiger partial charge in [-0.15, -0.1) is 0 Å². The van der Waals surface area contributed by atoms with Crippen molar-refractivity contribution in [2.75, 3.05) is 19.9 Å². The van der Waals surface area contributed by atoms with Gasteiger partial charge in [-0.25, -0.2) is 4.39 Å². The maximum Gasteiger partial charge on any atom is 0.309 e. The predicted octanol–water partition coefficient (Wildman–Crippen LogP) is 0.270. The number of hydrogen-bond acceptors (Lipinski definition) is 3. The molecule has 1 unspecified atom stereocenters. The first-order valence-corrected chi connectivity index (χ1v) is 3.63. The lowest BCUT2D eigenvalue weighted by atomic mass is 10.2. The smallest absolute Gasteiger partial charge is 0.309 e. The first-order valence-electron chi connectivity index (χ1n) is 3.63. The molecule has 0 amide bonds. The summed E-state index contributed by atoms with van der Waals surface area (Å²) in [4.78, 5) is 14.1. The lowest BCUT2D eigenvalue weighted by Gasteiger charge is -2.17. The number of aliphatic imine (C=N–C) groups is 1. The average Bonchev–Trinajstić information content (AvgIpc) is 2.03. The fourth-order valence-corrected chi connectivity index (χ4v) is 0.996. The van der Waals surface area contributed by atoms with E-state index in [2.05, 4.69) is 4.99 Å². The molecule has 0 saturated heterocycles. The van der Waals surface area contributed by atoms with Crippen molar-refractivity contribution in [3.8, 4) is 0 Å². The largest absolute Gasteiger partial charge is 0.481 e. The second-order valence-electron chi connectivity index (χ2n) is 2.59. The van der Waals surface area contributed by atoms with Gasteiger partial charge in [0, 0.05) is 5.71 Å². The number of aliphatic carboxylic acids is 1. The minimum Gasteiger partial charge on any atom is -0.481 e. The molecule has 0 radical (unpaired) electrons. The number of alkyl halides is 1. The Kier molecular flexibility index (Phi) is 3.16. The lowest BCUT2D eigenvalue weighted by molar-refractivity contribution is -0.135. The van der Waals surface area contributed by atoms with Crippen LogP contribution in [0.3, 0.4) is 0 Å². The van der Waals surface area contributed by atoms with Crippen molar-refractivity contribution in [2.24, 2.45) is 4.99 Å². The molecule has 0 aromatic rings. The molecule has 1 N–H and O–H groups in total. The SMILES string of the molecule is O=C(O)CC1=NC(CF)COC1. The number of nitrogens with zero attached hydrogens (tertiary/aromatic N) is 1. The zero-order chi connectivity index (χ0) is 8.97. The minimum absolute atomic E-state index is 0.156. The van der Waals surface area contributed by atoms with Gasteiger partial charge in [0.1, 0.15) is 12.7 Å². The van der Waals surface area contributed by atoms with Gasteiger partial charge in [-0.3, -0.25) is 9.79 Å². The number of ether oxygens (including phenoxy) is 1. The summed E-state index contributed by atoms with van der Waals surface area (Å²) in [7, 11) is 0. The second-order valence-corrected chi connectivity index (χ2v) is 2.59. The van der Waals surface area contributed by atoms with E-state index in [-0.39, 0.29) is 19.6 Å². The van der Waals surface area contributed by atoms with E-state index in [1.807, 2.05) is 0 Å². The van der Waals surface area contributed by atoms with E-state index < -0.39 is 18.7 Å². The number of carbonyl (C=O) groups is 1. The first-order chi connectivity index (χ1) is 5.72. The van der Waals surface area contributed by atoms with Gasteiger partial charge in [0.2, 0.25) is 0 Å². The highest BCUT2D eigenvalue weighted by Gasteiger charge is 2.16. The summed E-state index contributed by atoms with van der Waals surface area (Å²) in [5, 5.41) is 8.39. The summed E-state index contributed by atoms with van der Waals surface area (Å²) in [6.07, 6.45) is -0.156. The van der Waals surface area contributed by atoms with Crippen LogP contribution < -0.4 is 0 Å². The summed E-state index contributed by atoms with van der Waals surface area (Å²) >= 11 is 0. The van der Waals surface area contributed by atoms with E-state index in [1.165, 1.54) is 0 Å². The Morgan fingerprint density at radius 1 is 1.83 bits per heavy atom. The van der Waals surface area contributed by atoms with E-state index in [0.717, 1.165) is 0 Å². The van der Waals surface area contributed by atoms with Crippen LogP contribution in [0, 0.1) is 0 Å². The number of halogens is 1. The molecule has 0 aromatic carbocycles. The number of carboxylic acids is 1. The van der Waals surface area contributed by atoms with Crippen molar-refractivity contribution in [3.63, 3.8) is 0 Å². The molecule has 5 heteroatoms. The number of carboxylic acid groups (broad SMARTS) is 1. The molecule has 68 valence electrons. The van der Waals surface area contributed by atoms with Crippen molar-refractivity contribution in [1.82, 2.24) is 0 Å². The number of rotatable bonds is 3. The zero-order valence-corrected chi connectivity index (χ0v) is 6.49. The Morgan fingerprint density at radius 3 is 3.17 bits per heavy atom. The molecule has 4 nitrogen and oxygen atoms in total. The van der Waals surface area contributed by atoms with Crippen molar-refractivity contribution in [3.05, 3.63) is 0 Å².